The predicted octanol–water partition coefficient (Wildman–Crippen LogP) is 2.50. The van der Waals surface area contributed by atoms with Crippen molar-refractivity contribution < 1.29 is 18.5 Å². The van der Waals surface area contributed by atoms with Gasteiger partial charge in [0, 0.05) is 6.20 Å². The molecule has 1 aromatic rings. The number of nitro groups is 1. The van der Waals surface area contributed by atoms with Crippen molar-refractivity contribution in [3.63, 3.8) is 0 Å². The van der Waals surface area contributed by atoms with E-state index >= 15 is 0 Å². The van der Waals surface area contributed by atoms with Gasteiger partial charge in [-0.1, -0.05) is 0 Å². The number of aromatic nitrogens is 1. The highest BCUT2D eigenvalue weighted by Gasteiger charge is 2.27. The Morgan fingerprint density at radius 1 is 1.60 bits per heavy atom. The maximum absolute atomic E-state index is 12.3. The van der Waals surface area contributed by atoms with E-state index in [0.29, 0.717) is 6.20 Å². The average molecular weight is 281 g/mol. The van der Waals surface area contributed by atoms with Crippen molar-refractivity contribution in [1.82, 2.24) is 4.98 Å². The summed E-state index contributed by atoms with van der Waals surface area (Å²) in [6, 6.07) is 0. The van der Waals surface area contributed by atoms with Crippen molar-refractivity contribution in [2.24, 2.45) is 0 Å². The molecule has 1 aromatic heterocycles. The molecular weight excluding hydrogens is 278 g/mol. The van der Waals surface area contributed by atoms with Crippen LogP contribution in [0.3, 0.4) is 0 Å². The molecule has 0 atom stereocenters. The lowest BCUT2D eigenvalue weighted by molar-refractivity contribution is -0.387. The molecule has 0 aromatic carbocycles. The monoisotopic (exact) mass is 280 g/mol. The molecule has 0 N–H and O–H groups in total. The smallest absolute Gasteiger partial charge is 0.296 e. The van der Waals surface area contributed by atoms with Crippen LogP contribution in [0.1, 0.15) is 22.5 Å². The van der Waals surface area contributed by atoms with Crippen molar-refractivity contribution in [3.05, 3.63) is 32.0 Å². The summed E-state index contributed by atoms with van der Waals surface area (Å²) in [6.45, 7) is 0. The van der Waals surface area contributed by atoms with Crippen LogP contribution in [0.4, 0.5) is 14.5 Å². The van der Waals surface area contributed by atoms with E-state index < -0.39 is 22.6 Å². The van der Waals surface area contributed by atoms with Crippen LogP contribution in [0.15, 0.2) is 10.7 Å². The largest absolute Gasteiger partial charge is 0.296 e. The molecule has 1 rings (SSSR count). The fourth-order valence-electron chi connectivity index (χ4n) is 0.932. The molecule has 0 unspecified atom stereocenters. The van der Waals surface area contributed by atoms with Gasteiger partial charge in [-0.3, -0.25) is 19.9 Å². The first-order valence-corrected chi connectivity index (χ1v) is 4.34. The van der Waals surface area contributed by atoms with Gasteiger partial charge in [0.1, 0.15) is 15.7 Å². The van der Waals surface area contributed by atoms with Crippen LogP contribution < -0.4 is 0 Å². The average Bonchev–Trinajstić information content (AvgIpc) is 2.16. The number of alkyl halides is 2. The van der Waals surface area contributed by atoms with E-state index in [2.05, 4.69) is 20.9 Å². The maximum atomic E-state index is 12.3. The van der Waals surface area contributed by atoms with E-state index in [1.165, 1.54) is 0 Å². The van der Waals surface area contributed by atoms with E-state index in [4.69, 9.17) is 0 Å². The van der Waals surface area contributed by atoms with Crippen LogP contribution in [-0.2, 0) is 0 Å². The Bertz CT molecular complexity index is 425. The Balaban J connectivity index is 3.51. The maximum Gasteiger partial charge on any atom is 0.296 e. The third kappa shape index (κ3) is 2.14. The van der Waals surface area contributed by atoms with Gasteiger partial charge < -0.3 is 0 Å². The normalized spacial score (nSPS) is 10.4. The number of carbonyl (C=O) groups excluding carboxylic acids is 1. The number of hydrogen-bond donors (Lipinski definition) is 0. The van der Waals surface area contributed by atoms with E-state index in [1.807, 2.05) is 0 Å². The summed E-state index contributed by atoms with van der Waals surface area (Å²) < 4.78 is 24.4. The summed E-state index contributed by atoms with van der Waals surface area (Å²) >= 11 is 2.69. The molecule has 0 aliphatic rings. The Labute approximate surface area is 90.4 Å². The summed E-state index contributed by atoms with van der Waals surface area (Å²) in [5, 5.41) is 10.5. The van der Waals surface area contributed by atoms with Gasteiger partial charge in [-0.15, -0.1) is 0 Å². The molecule has 0 saturated carbocycles. The van der Waals surface area contributed by atoms with Crippen molar-refractivity contribution in [2.45, 2.75) is 6.43 Å². The van der Waals surface area contributed by atoms with E-state index in [1.54, 1.807) is 0 Å². The molecule has 0 radical (unpaired) electrons. The quantitative estimate of drug-likeness (QED) is 0.484. The highest BCUT2D eigenvalue weighted by atomic mass is 79.9. The molecule has 1 heterocycles. The number of nitrogens with zero attached hydrogens (tertiary/aromatic N) is 2. The first kappa shape index (κ1) is 11.6. The van der Waals surface area contributed by atoms with Crippen LogP contribution in [0.5, 0.6) is 0 Å². The zero-order valence-electron chi connectivity index (χ0n) is 6.99. The molecule has 0 amide bonds. The van der Waals surface area contributed by atoms with Gasteiger partial charge in [0.2, 0.25) is 0 Å². The van der Waals surface area contributed by atoms with Gasteiger partial charge in [-0.2, -0.15) is 0 Å². The number of aldehydes is 1. The summed E-state index contributed by atoms with van der Waals surface area (Å²) in [7, 11) is 0. The Hall–Kier alpha value is -1.44. The van der Waals surface area contributed by atoms with E-state index in [-0.39, 0.29) is 16.5 Å². The predicted molar refractivity (Wildman–Crippen MR) is 48.9 cm³/mol. The highest BCUT2D eigenvalue weighted by molar-refractivity contribution is 9.10. The minimum atomic E-state index is -3.02. The molecule has 0 fully saturated rings. The van der Waals surface area contributed by atoms with E-state index in [0.717, 1.165) is 0 Å². The first-order valence-electron chi connectivity index (χ1n) is 3.55. The number of carbonyl (C=O) groups is 1. The van der Waals surface area contributed by atoms with Gasteiger partial charge >= 0.3 is 0 Å². The molecule has 0 aliphatic heterocycles. The SMILES string of the molecule is O=Cc1ncc(C(F)F)c([N+](=O)[O-])c1Br. The fraction of sp³-hybridized carbons (Fsp3) is 0.143. The zero-order valence-corrected chi connectivity index (χ0v) is 8.57. The van der Waals surface area contributed by atoms with Gasteiger partial charge in [0.05, 0.1) is 4.92 Å². The first-order chi connectivity index (χ1) is 6.99. The van der Waals surface area contributed by atoms with Gasteiger partial charge in [-0.25, -0.2) is 8.78 Å². The molecule has 8 heteroatoms. The van der Waals surface area contributed by atoms with Crippen molar-refractivity contribution in [2.75, 3.05) is 0 Å². The Morgan fingerprint density at radius 3 is 2.60 bits per heavy atom. The van der Waals surface area contributed by atoms with Crippen molar-refractivity contribution >= 4 is 27.9 Å². The van der Waals surface area contributed by atoms with Crippen LogP contribution in [0.25, 0.3) is 0 Å². The Morgan fingerprint density at radius 2 is 2.20 bits per heavy atom. The molecule has 80 valence electrons. The standard InChI is InChI=1S/C7H3BrF2N2O3/c8-5-4(2-13)11-1-3(7(9)10)6(5)12(14)15/h1-2,7H. The molecule has 0 saturated heterocycles. The van der Waals surface area contributed by atoms with Crippen molar-refractivity contribution in [1.29, 1.82) is 0 Å². The summed E-state index contributed by atoms with van der Waals surface area (Å²) in [4.78, 5) is 23.3. The van der Waals surface area contributed by atoms with Crippen LogP contribution in [0.2, 0.25) is 0 Å². The lowest BCUT2D eigenvalue weighted by atomic mass is 10.2. The van der Waals surface area contributed by atoms with E-state index in [9.17, 15) is 23.7 Å². The van der Waals surface area contributed by atoms with Crippen LogP contribution >= 0.6 is 15.9 Å². The third-order valence-corrected chi connectivity index (χ3v) is 2.36. The van der Waals surface area contributed by atoms with Gasteiger partial charge in [0.15, 0.2) is 6.29 Å². The molecule has 0 spiro atoms. The van der Waals surface area contributed by atoms with Crippen molar-refractivity contribution in [3.8, 4) is 0 Å². The second kappa shape index (κ2) is 4.39. The molecule has 0 aliphatic carbocycles. The third-order valence-electron chi connectivity index (χ3n) is 1.58. The second-order valence-electron chi connectivity index (χ2n) is 2.44. The van der Waals surface area contributed by atoms with Gasteiger partial charge in [-0.05, 0) is 15.9 Å². The summed E-state index contributed by atoms with van der Waals surface area (Å²) in [5.74, 6) is 0. The number of hydrogen-bond acceptors (Lipinski definition) is 4. The number of halogens is 3. The molecule has 5 nitrogen and oxygen atoms in total. The Kier molecular flexibility index (Phi) is 3.40. The van der Waals surface area contributed by atoms with Crippen LogP contribution in [-0.4, -0.2) is 16.2 Å². The summed E-state index contributed by atoms with van der Waals surface area (Å²) in [6.07, 6.45) is -2.15. The molecule has 15 heavy (non-hydrogen) atoms. The second-order valence-corrected chi connectivity index (χ2v) is 3.23. The molecular formula is C7H3BrF2N2O3. The zero-order chi connectivity index (χ0) is 11.6. The number of rotatable bonds is 3. The molecule has 0 bridgehead atoms. The van der Waals surface area contributed by atoms with Gasteiger partial charge in [0.25, 0.3) is 12.1 Å². The highest BCUT2D eigenvalue weighted by Crippen LogP contribution is 2.35. The fourth-order valence-corrected chi connectivity index (χ4v) is 1.50. The van der Waals surface area contributed by atoms with Crippen LogP contribution in [0, 0.1) is 10.1 Å². The topological polar surface area (TPSA) is 73.1 Å². The minimum Gasteiger partial charge on any atom is -0.296 e. The summed E-state index contributed by atoms with van der Waals surface area (Å²) in [5.41, 5.74) is -1.94. The minimum absolute atomic E-state index is 0.242. The lowest BCUT2D eigenvalue weighted by Gasteiger charge is -2.03. The lowest BCUT2D eigenvalue weighted by Crippen LogP contribution is -2.02. The number of pyridine rings is 1.